The number of carboxylic acid groups (broad SMARTS) is 1. The molecule has 0 radical (unpaired) electrons. The van der Waals surface area contributed by atoms with Gasteiger partial charge < -0.3 is 29.9 Å². The molecule has 3 N–H and O–H groups in total. The Kier molecular flexibility index (Phi) is 7.44. The Morgan fingerprint density at radius 3 is 2.38 bits per heavy atom. The molecule has 9 heteroatoms. The molecule has 180 valence electrons. The number of nitrogens with one attached hydrogen (secondary N) is 1. The lowest BCUT2D eigenvalue weighted by atomic mass is 9.98. The number of rotatable bonds is 8. The third-order valence-corrected chi connectivity index (χ3v) is 6.13. The summed E-state index contributed by atoms with van der Waals surface area (Å²) in [4.78, 5) is 37.0. The molecule has 2 aromatic rings. The highest BCUT2D eigenvalue weighted by Crippen LogP contribution is 2.44. The lowest BCUT2D eigenvalue weighted by Crippen LogP contribution is -2.47. The average Bonchev–Trinajstić information content (AvgIpc) is 3.15. The number of nitrogens with zero attached hydrogens (tertiary/aromatic N) is 1. The standard InChI is InChI=1S/C25H28N2O7/c28-16(11-23(29)27-9-10-33-17(14-27)12-24(30)31)13-26-25(32)34-15-22-20-7-3-1-5-18(20)19-6-2-4-8-21(19)22/h1-8,16-17,22,28H,9-15H2,(H,26,32)(H,30,31). The van der Waals surface area contributed by atoms with E-state index in [2.05, 4.69) is 17.4 Å². The predicted octanol–water partition coefficient (Wildman–Crippen LogP) is 1.98. The number of hydrogen-bond donors (Lipinski definition) is 3. The summed E-state index contributed by atoms with van der Waals surface area (Å²) in [5.74, 6) is -1.38. The number of ether oxygens (including phenoxy) is 2. The van der Waals surface area contributed by atoms with Crippen LogP contribution in [0, 0.1) is 0 Å². The van der Waals surface area contributed by atoms with Crippen molar-refractivity contribution in [2.45, 2.75) is 31.0 Å². The fraction of sp³-hybridized carbons (Fsp3) is 0.400. The number of carboxylic acids is 1. The molecule has 0 saturated carbocycles. The Morgan fingerprint density at radius 2 is 1.74 bits per heavy atom. The van der Waals surface area contributed by atoms with Gasteiger partial charge in [0.15, 0.2) is 0 Å². The van der Waals surface area contributed by atoms with E-state index in [1.54, 1.807) is 0 Å². The molecule has 0 bridgehead atoms. The molecule has 2 amide bonds. The van der Waals surface area contributed by atoms with Gasteiger partial charge in [0.25, 0.3) is 0 Å². The Morgan fingerprint density at radius 1 is 1.09 bits per heavy atom. The van der Waals surface area contributed by atoms with Gasteiger partial charge in [0.2, 0.25) is 5.91 Å². The minimum atomic E-state index is -1.09. The molecule has 2 atom stereocenters. The van der Waals surface area contributed by atoms with E-state index < -0.39 is 24.3 Å². The number of aliphatic hydroxyl groups is 1. The van der Waals surface area contributed by atoms with E-state index in [4.69, 9.17) is 14.6 Å². The molecule has 9 nitrogen and oxygen atoms in total. The van der Waals surface area contributed by atoms with E-state index in [-0.39, 0.29) is 51.0 Å². The summed E-state index contributed by atoms with van der Waals surface area (Å²) in [7, 11) is 0. The van der Waals surface area contributed by atoms with Crippen LogP contribution in [0.5, 0.6) is 0 Å². The Hall–Kier alpha value is -3.43. The first kappa shape index (κ1) is 23.7. The van der Waals surface area contributed by atoms with Crippen molar-refractivity contribution in [3.05, 3.63) is 59.7 Å². The maximum Gasteiger partial charge on any atom is 0.407 e. The van der Waals surface area contributed by atoms with Gasteiger partial charge in [0, 0.05) is 25.6 Å². The number of benzene rings is 2. The first-order valence-corrected chi connectivity index (χ1v) is 11.3. The van der Waals surface area contributed by atoms with Crippen LogP contribution in [-0.2, 0) is 19.1 Å². The van der Waals surface area contributed by atoms with E-state index in [0.29, 0.717) is 6.54 Å². The van der Waals surface area contributed by atoms with Gasteiger partial charge in [0.05, 0.1) is 31.7 Å². The summed E-state index contributed by atoms with van der Waals surface area (Å²) in [5, 5.41) is 21.6. The van der Waals surface area contributed by atoms with Crippen molar-refractivity contribution in [3.8, 4) is 11.1 Å². The lowest BCUT2D eigenvalue weighted by Gasteiger charge is -2.32. The molecular weight excluding hydrogens is 440 g/mol. The van der Waals surface area contributed by atoms with Crippen molar-refractivity contribution in [2.24, 2.45) is 0 Å². The summed E-state index contributed by atoms with van der Waals surface area (Å²) in [5.41, 5.74) is 4.48. The number of aliphatic hydroxyl groups excluding tert-OH is 1. The molecule has 2 aromatic carbocycles. The molecule has 2 unspecified atom stereocenters. The third kappa shape index (κ3) is 5.55. The highest BCUT2D eigenvalue weighted by atomic mass is 16.5. The SMILES string of the molecule is O=C(O)CC1CN(C(=O)CC(O)CNC(=O)OCC2c3ccccc3-c3ccccc32)CCO1. The summed E-state index contributed by atoms with van der Waals surface area (Å²) in [6.45, 7) is 0.774. The fourth-order valence-corrected chi connectivity index (χ4v) is 4.52. The number of hydrogen-bond acceptors (Lipinski definition) is 6. The molecule has 0 spiro atoms. The molecule has 1 aliphatic heterocycles. The summed E-state index contributed by atoms with van der Waals surface area (Å²) in [6, 6.07) is 16.1. The van der Waals surface area contributed by atoms with Crippen molar-refractivity contribution in [3.63, 3.8) is 0 Å². The first-order chi connectivity index (χ1) is 16.4. The molecule has 1 heterocycles. The number of carbonyl (C=O) groups is 3. The van der Waals surface area contributed by atoms with Crippen LogP contribution >= 0.6 is 0 Å². The van der Waals surface area contributed by atoms with Crippen LogP contribution in [0.4, 0.5) is 4.79 Å². The fourth-order valence-electron chi connectivity index (χ4n) is 4.52. The molecule has 4 rings (SSSR count). The summed E-state index contributed by atoms with van der Waals surface area (Å²) in [6.07, 6.45) is -2.69. The van der Waals surface area contributed by atoms with Gasteiger partial charge >= 0.3 is 12.1 Å². The number of aliphatic carboxylic acids is 1. The Labute approximate surface area is 197 Å². The maximum atomic E-state index is 12.4. The Balaban J connectivity index is 1.23. The van der Waals surface area contributed by atoms with Crippen molar-refractivity contribution in [2.75, 3.05) is 32.8 Å². The van der Waals surface area contributed by atoms with Crippen molar-refractivity contribution in [1.29, 1.82) is 0 Å². The predicted molar refractivity (Wildman–Crippen MR) is 122 cm³/mol. The van der Waals surface area contributed by atoms with Gasteiger partial charge in [-0.2, -0.15) is 0 Å². The zero-order valence-corrected chi connectivity index (χ0v) is 18.7. The van der Waals surface area contributed by atoms with E-state index in [0.717, 1.165) is 22.3 Å². The minimum absolute atomic E-state index is 0.0651. The molecule has 1 saturated heterocycles. The second kappa shape index (κ2) is 10.7. The molecule has 1 fully saturated rings. The molecule has 0 aromatic heterocycles. The number of fused-ring (bicyclic) bond motifs is 3. The van der Waals surface area contributed by atoms with Gasteiger partial charge in [-0.15, -0.1) is 0 Å². The zero-order valence-electron chi connectivity index (χ0n) is 18.7. The quantitative estimate of drug-likeness (QED) is 0.541. The van der Waals surface area contributed by atoms with Crippen molar-refractivity contribution < 1.29 is 34.1 Å². The van der Waals surface area contributed by atoms with E-state index >= 15 is 0 Å². The van der Waals surface area contributed by atoms with Crippen LogP contribution in [0.25, 0.3) is 11.1 Å². The molecular formula is C25H28N2O7. The van der Waals surface area contributed by atoms with Gasteiger partial charge in [-0.1, -0.05) is 48.5 Å². The highest BCUT2D eigenvalue weighted by Gasteiger charge is 2.30. The Bertz CT molecular complexity index is 1010. The van der Waals surface area contributed by atoms with E-state index in [1.165, 1.54) is 4.90 Å². The molecule has 34 heavy (non-hydrogen) atoms. The normalized spacial score (nSPS) is 18.0. The number of alkyl carbamates (subject to hydrolysis) is 1. The number of amides is 2. The topological polar surface area (TPSA) is 125 Å². The van der Waals surface area contributed by atoms with Crippen LogP contribution in [0.1, 0.15) is 29.9 Å². The summed E-state index contributed by atoms with van der Waals surface area (Å²) >= 11 is 0. The first-order valence-electron chi connectivity index (χ1n) is 11.3. The smallest absolute Gasteiger partial charge is 0.407 e. The van der Waals surface area contributed by atoms with Gasteiger partial charge in [-0.05, 0) is 22.3 Å². The highest BCUT2D eigenvalue weighted by molar-refractivity contribution is 5.79. The van der Waals surface area contributed by atoms with Crippen LogP contribution in [0.3, 0.4) is 0 Å². The van der Waals surface area contributed by atoms with E-state index in [1.807, 2.05) is 36.4 Å². The van der Waals surface area contributed by atoms with Crippen molar-refractivity contribution in [1.82, 2.24) is 10.2 Å². The zero-order chi connectivity index (χ0) is 24.1. The van der Waals surface area contributed by atoms with Crippen LogP contribution < -0.4 is 5.32 Å². The van der Waals surface area contributed by atoms with Crippen LogP contribution in [-0.4, -0.2) is 78.1 Å². The minimum Gasteiger partial charge on any atom is -0.481 e. The van der Waals surface area contributed by atoms with Gasteiger partial charge in [0.1, 0.15) is 6.61 Å². The van der Waals surface area contributed by atoms with Gasteiger partial charge in [-0.25, -0.2) is 4.79 Å². The maximum absolute atomic E-state index is 12.4. The molecule has 1 aliphatic carbocycles. The average molecular weight is 469 g/mol. The number of carbonyl (C=O) groups excluding carboxylic acids is 2. The molecule has 2 aliphatic rings. The van der Waals surface area contributed by atoms with E-state index in [9.17, 15) is 19.5 Å². The number of morpholine rings is 1. The second-order valence-corrected chi connectivity index (χ2v) is 8.49. The second-order valence-electron chi connectivity index (χ2n) is 8.49. The lowest BCUT2D eigenvalue weighted by molar-refractivity contribution is -0.148. The largest absolute Gasteiger partial charge is 0.481 e. The van der Waals surface area contributed by atoms with Crippen molar-refractivity contribution >= 4 is 18.0 Å². The monoisotopic (exact) mass is 468 g/mol. The van der Waals surface area contributed by atoms with Gasteiger partial charge in [-0.3, -0.25) is 9.59 Å². The third-order valence-electron chi connectivity index (χ3n) is 6.13. The van der Waals surface area contributed by atoms with Crippen LogP contribution in [0.15, 0.2) is 48.5 Å². The summed E-state index contributed by atoms with van der Waals surface area (Å²) < 4.78 is 10.8. The van der Waals surface area contributed by atoms with Crippen LogP contribution in [0.2, 0.25) is 0 Å².